The topological polar surface area (TPSA) is 41.5 Å². The number of hydrogen-bond donors (Lipinski definition) is 1. The summed E-state index contributed by atoms with van der Waals surface area (Å²) in [5.74, 6) is -0.491. The molecular weight excluding hydrogens is 207 g/mol. The number of carbonyl (C=O) groups excluding carboxylic acids is 1. The van der Waals surface area contributed by atoms with Crippen LogP contribution in [0.5, 0.6) is 0 Å². The lowest BCUT2D eigenvalue weighted by Gasteiger charge is -2.05. The van der Waals surface area contributed by atoms with E-state index in [4.69, 9.17) is 0 Å². The maximum Gasteiger partial charge on any atom is 0.236 e. The van der Waals surface area contributed by atoms with Gasteiger partial charge in [0.25, 0.3) is 0 Å². The fraction of sp³-hybridized carbons (Fsp3) is 0.333. The van der Waals surface area contributed by atoms with Crippen LogP contribution in [0.1, 0.15) is 32.3 Å². The molecule has 0 saturated heterocycles. The molecule has 1 aromatic rings. The minimum absolute atomic E-state index is 0.212. The Kier molecular flexibility index (Phi) is 4.64. The molecule has 3 nitrogen and oxygen atoms in total. The molecule has 0 saturated carbocycles. The molecule has 1 amide bonds. The Morgan fingerprint density at radius 3 is 2.50 bits per heavy atom. The first-order valence-corrected chi connectivity index (χ1v) is 5.22. The summed E-state index contributed by atoms with van der Waals surface area (Å²) in [6, 6.07) is 6.08. The van der Waals surface area contributed by atoms with Gasteiger partial charge < -0.3 is 0 Å². The Balaban J connectivity index is 2.88. The van der Waals surface area contributed by atoms with Crippen molar-refractivity contribution in [1.82, 2.24) is 5.43 Å². The zero-order valence-corrected chi connectivity index (χ0v) is 9.46. The molecule has 1 rings (SSSR count). The summed E-state index contributed by atoms with van der Waals surface area (Å²) in [4.78, 5) is 10.8. The van der Waals surface area contributed by atoms with Gasteiger partial charge >= 0.3 is 0 Å². The van der Waals surface area contributed by atoms with E-state index in [9.17, 15) is 9.18 Å². The number of halogens is 1. The van der Waals surface area contributed by atoms with E-state index in [1.807, 2.05) is 6.92 Å². The highest BCUT2D eigenvalue weighted by molar-refractivity contribution is 6.00. The first-order chi connectivity index (χ1) is 7.63. The molecule has 0 fully saturated rings. The van der Waals surface area contributed by atoms with Crippen molar-refractivity contribution >= 4 is 11.6 Å². The van der Waals surface area contributed by atoms with Gasteiger partial charge in [-0.25, -0.2) is 9.82 Å². The monoisotopic (exact) mass is 222 g/mol. The maximum atomic E-state index is 12.7. The van der Waals surface area contributed by atoms with Crippen LogP contribution in [0, 0.1) is 5.82 Å². The van der Waals surface area contributed by atoms with Gasteiger partial charge in [-0.2, -0.15) is 5.10 Å². The van der Waals surface area contributed by atoms with Gasteiger partial charge in [0, 0.05) is 6.92 Å². The largest absolute Gasteiger partial charge is 0.274 e. The number of nitrogens with one attached hydrogen (secondary N) is 1. The van der Waals surface area contributed by atoms with Gasteiger partial charge in [0.05, 0.1) is 5.71 Å². The quantitative estimate of drug-likeness (QED) is 0.617. The highest BCUT2D eigenvalue weighted by atomic mass is 19.1. The lowest BCUT2D eigenvalue weighted by atomic mass is 10.1. The van der Waals surface area contributed by atoms with Crippen LogP contribution in [0.15, 0.2) is 29.4 Å². The van der Waals surface area contributed by atoms with Crippen LogP contribution in [0.25, 0.3) is 0 Å². The molecule has 0 aliphatic heterocycles. The second-order valence-electron chi connectivity index (χ2n) is 3.48. The summed E-state index contributed by atoms with van der Waals surface area (Å²) >= 11 is 0. The first kappa shape index (κ1) is 12.4. The second kappa shape index (κ2) is 6.00. The van der Waals surface area contributed by atoms with Crippen molar-refractivity contribution in [1.29, 1.82) is 0 Å². The Labute approximate surface area is 94.4 Å². The van der Waals surface area contributed by atoms with E-state index >= 15 is 0 Å². The number of rotatable bonds is 4. The van der Waals surface area contributed by atoms with E-state index in [1.165, 1.54) is 19.1 Å². The molecule has 1 aromatic carbocycles. The molecule has 0 atom stereocenters. The van der Waals surface area contributed by atoms with E-state index in [-0.39, 0.29) is 11.7 Å². The number of benzene rings is 1. The summed E-state index contributed by atoms with van der Waals surface area (Å²) in [5, 5.41) is 4.01. The fourth-order valence-corrected chi connectivity index (χ4v) is 1.29. The molecule has 86 valence electrons. The highest BCUT2D eigenvalue weighted by Crippen LogP contribution is 2.08. The summed E-state index contributed by atoms with van der Waals surface area (Å²) < 4.78 is 12.7. The zero-order valence-electron chi connectivity index (χ0n) is 9.46. The van der Waals surface area contributed by atoms with Gasteiger partial charge in [0.1, 0.15) is 5.82 Å². The molecule has 0 radical (unpaired) electrons. The van der Waals surface area contributed by atoms with Crippen molar-refractivity contribution in [3.63, 3.8) is 0 Å². The molecule has 0 aromatic heterocycles. The maximum absolute atomic E-state index is 12.7. The third-order valence-electron chi connectivity index (χ3n) is 2.01. The number of amides is 1. The molecule has 0 unspecified atom stereocenters. The van der Waals surface area contributed by atoms with Crippen molar-refractivity contribution in [2.45, 2.75) is 26.7 Å². The van der Waals surface area contributed by atoms with Gasteiger partial charge in [-0.1, -0.05) is 25.5 Å². The SMILES string of the molecule is CCC/C(=N/NC(C)=O)c1ccc(F)cc1. The molecule has 1 N–H and O–H groups in total. The minimum atomic E-state index is -0.279. The standard InChI is InChI=1S/C12H15FN2O/c1-3-4-12(15-14-9(2)16)10-5-7-11(13)8-6-10/h5-8H,3-4H2,1-2H3,(H,14,16)/b15-12-. The van der Waals surface area contributed by atoms with Gasteiger partial charge in [-0.05, 0) is 24.1 Å². The van der Waals surface area contributed by atoms with E-state index < -0.39 is 0 Å². The number of hydrazone groups is 1. The molecule has 0 aliphatic carbocycles. The average Bonchev–Trinajstić information content (AvgIpc) is 2.25. The lowest BCUT2D eigenvalue weighted by molar-refractivity contribution is -0.118. The Morgan fingerprint density at radius 2 is 2.00 bits per heavy atom. The number of hydrogen-bond acceptors (Lipinski definition) is 2. The van der Waals surface area contributed by atoms with E-state index in [1.54, 1.807) is 12.1 Å². The smallest absolute Gasteiger partial charge is 0.236 e. The van der Waals surface area contributed by atoms with Crippen LogP contribution < -0.4 is 5.43 Å². The van der Waals surface area contributed by atoms with Crippen LogP contribution in [-0.4, -0.2) is 11.6 Å². The zero-order chi connectivity index (χ0) is 12.0. The van der Waals surface area contributed by atoms with Crippen LogP contribution in [-0.2, 0) is 4.79 Å². The summed E-state index contributed by atoms with van der Waals surface area (Å²) in [5.41, 5.74) is 3.99. The van der Waals surface area contributed by atoms with Crippen molar-refractivity contribution in [3.8, 4) is 0 Å². The van der Waals surface area contributed by atoms with E-state index in [0.717, 1.165) is 24.1 Å². The van der Waals surface area contributed by atoms with Crippen molar-refractivity contribution in [3.05, 3.63) is 35.6 Å². The van der Waals surface area contributed by atoms with Crippen LogP contribution >= 0.6 is 0 Å². The fourth-order valence-electron chi connectivity index (χ4n) is 1.29. The van der Waals surface area contributed by atoms with Crippen molar-refractivity contribution < 1.29 is 9.18 Å². The third-order valence-corrected chi connectivity index (χ3v) is 2.01. The number of carbonyl (C=O) groups is 1. The Morgan fingerprint density at radius 1 is 1.38 bits per heavy atom. The predicted octanol–water partition coefficient (Wildman–Crippen LogP) is 2.47. The van der Waals surface area contributed by atoms with Crippen LogP contribution in [0.2, 0.25) is 0 Å². The molecule has 0 aliphatic rings. The second-order valence-corrected chi connectivity index (χ2v) is 3.48. The normalized spacial score (nSPS) is 11.3. The predicted molar refractivity (Wildman–Crippen MR) is 61.7 cm³/mol. The average molecular weight is 222 g/mol. The molecule has 0 heterocycles. The van der Waals surface area contributed by atoms with Gasteiger partial charge in [-0.15, -0.1) is 0 Å². The van der Waals surface area contributed by atoms with Crippen LogP contribution in [0.4, 0.5) is 4.39 Å². The summed E-state index contributed by atoms with van der Waals surface area (Å²) in [7, 11) is 0. The van der Waals surface area contributed by atoms with Crippen LogP contribution in [0.3, 0.4) is 0 Å². The lowest BCUT2D eigenvalue weighted by Crippen LogP contribution is -2.16. The Bertz CT molecular complexity index is 385. The van der Waals surface area contributed by atoms with E-state index in [0.29, 0.717) is 0 Å². The summed E-state index contributed by atoms with van der Waals surface area (Å²) in [6.45, 7) is 3.42. The van der Waals surface area contributed by atoms with Crippen molar-refractivity contribution in [2.24, 2.45) is 5.10 Å². The van der Waals surface area contributed by atoms with E-state index in [2.05, 4.69) is 10.5 Å². The molecular formula is C12H15FN2O. The molecule has 0 spiro atoms. The summed E-state index contributed by atoms with van der Waals surface area (Å²) in [6.07, 6.45) is 1.65. The van der Waals surface area contributed by atoms with Gasteiger partial charge in [0.2, 0.25) is 5.91 Å². The van der Waals surface area contributed by atoms with Crippen molar-refractivity contribution in [2.75, 3.05) is 0 Å². The van der Waals surface area contributed by atoms with Gasteiger partial charge in [0.15, 0.2) is 0 Å². The Hall–Kier alpha value is -1.71. The number of nitrogens with zero attached hydrogens (tertiary/aromatic N) is 1. The first-order valence-electron chi connectivity index (χ1n) is 5.22. The highest BCUT2D eigenvalue weighted by Gasteiger charge is 2.03. The molecule has 0 bridgehead atoms. The minimum Gasteiger partial charge on any atom is -0.274 e. The van der Waals surface area contributed by atoms with Gasteiger partial charge in [-0.3, -0.25) is 4.79 Å². The third kappa shape index (κ3) is 3.81. The molecule has 4 heteroatoms. The molecule has 16 heavy (non-hydrogen) atoms.